The quantitative estimate of drug-likeness (QED) is 0.787. The van der Waals surface area contributed by atoms with Crippen molar-refractivity contribution in [2.24, 2.45) is 7.05 Å². The second kappa shape index (κ2) is 8.42. The molecule has 0 N–H and O–H groups in total. The molecule has 1 saturated heterocycles. The molecule has 6 nitrogen and oxygen atoms in total. The SMILES string of the molecule is C[C@@H]1CN(Cc2ccc(CN(C)C(=O)c3c(Cl)cnn3C)cc2)C[C@H](C)O1. The molecular formula is C20H27ClN4O2. The van der Waals surface area contributed by atoms with E-state index in [9.17, 15) is 4.79 Å². The number of halogens is 1. The van der Waals surface area contributed by atoms with Crippen LogP contribution in [0, 0.1) is 0 Å². The van der Waals surface area contributed by atoms with Crippen LogP contribution in [0.4, 0.5) is 0 Å². The van der Waals surface area contributed by atoms with Crippen LogP contribution in [0.1, 0.15) is 35.5 Å². The van der Waals surface area contributed by atoms with Crippen LogP contribution in [-0.4, -0.2) is 57.8 Å². The summed E-state index contributed by atoms with van der Waals surface area (Å²) in [6, 6.07) is 8.43. The lowest BCUT2D eigenvalue weighted by atomic mass is 10.1. The number of aromatic nitrogens is 2. The third-order valence-corrected chi connectivity index (χ3v) is 5.06. The van der Waals surface area contributed by atoms with Crippen molar-refractivity contribution in [1.29, 1.82) is 0 Å². The van der Waals surface area contributed by atoms with Crippen LogP contribution in [0.2, 0.25) is 5.02 Å². The van der Waals surface area contributed by atoms with Crippen molar-refractivity contribution in [3.63, 3.8) is 0 Å². The smallest absolute Gasteiger partial charge is 0.273 e. The molecule has 0 aliphatic carbocycles. The Bertz CT molecular complexity index is 760. The van der Waals surface area contributed by atoms with Crippen molar-refractivity contribution in [3.05, 3.63) is 52.3 Å². The van der Waals surface area contributed by atoms with Gasteiger partial charge in [-0.3, -0.25) is 14.4 Å². The number of benzene rings is 1. The second-order valence-electron chi connectivity index (χ2n) is 7.39. The summed E-state index contributed by atoms with van der Waals surface area (Å²) in [6.45, 7) is 7.58. The van der Waals surface area contributed by atoms with E-state index in [1.54, 1.807) is 19.0 Å². The lowest BCUT2D eigenvalue weighted by Gasteiger charge is -2.35. The van der Waals surface area contributed by atoms with Gasteiger partial charge in [0.25, 0.3) is 5.91 Å². The summed E-state index contributed by atoms with van der Waals surface area (Å²) in [6.07, 6.45) is 2.03. The summed E-state index contributed by atoms with van der Waals surface area (Å²) >= 11 is 6.08. The number of aryl methyl sites for hydroxylation is 1. The van der Waals surface area contributed by atoms with Crippen molar-refractivity contribution in [3.8, 4) is 0 Å². The van der Waals surface area contributed by atoms with Crippen LogP contribution in [0.15, 0.2) is 30.5 Å². The summed E-state index contributed by atoms with van der Waals surface area (Å²) in [5.74, 6) is -0.139. The van der Waals surface area contributed by atoms with Gasteiger partial charge in [-0.2, -0.15) is 5.10 Å². The predicted octanol–water partition coefficient (Wildman–Crippen LogP) is 2.95. The maximum Gasteiger partial charge on any atom is 0.273 e. The predicted molar refractivity (Wildman–Crippen MR) is 106 cm³/mol. The molecular weight excluding hydrogens is 364 g/mol. The molecule has 1 aliphatic rings. The Balaban J connectivity index is 1.59. The highest BCUT2D eigenvalue weighted by molar-refractivity contribution is 6.33. The fraction of sp³-hybridized carbons (Fsp3) is 0.500. The van der Waals surface area contributed by atoms with E-state index < -0.39 is 0 Å². The van der Waals surface area contributed by atoms with E-state index in [1.165, 1.54) is 16.4 Å². The highest BCUT2D eigenvalue weighted by Gasteiger charge is 2.22. The van der Waals surface area contributed by atoms with Gasteiger partial charge in [-0.05, 0) is 25.0 Å². The molecule has 0 unspecified atom stereocenters. The maximum atomic E-state index is 12.6. The zero-order valence-electron chi connectivity index (χ0n) is 16.4. The monoisotopic (exact) mass is 390 g/mol. The Hall–Kier alpha value is -1.89. The molecule has 0 radical (unpaired) electrons. The average Bonchev–Trinajstić information content (AvgIpc) is 2.93. The van der Waals surface area contributed by atoms with Crippen LogP contribution in [0.5, 0.6) is 0 Å². The standard InChI is InChI=1S/C20H27ClN4O2/c1-14-10-25(11-15(2)27-14)13-17-7-5-16(6-8-17)12-23(3)20(26)19-18(21)9-22-24(19)4/h5-9,14-15H,10-13H2,1-4H3/t14-,15+. The number of nitrogens with zero attached hydrogens (tertiary/aromatic N) is 4. The van der Waals surface area contributed by atoms with Crippen molar-refractivity contribution in [2.45, 2.75) is 39.1 Å². The normalized spacial score (nSPS) is 20.6. The Morgan fingerprint density at radius 2 is 1.81 bits per heavy atom. The topological polar surface area (TPSA) is 50.6 Å². The van der Waals surface area contributed by atoms with Crippen LogP contribution in [0.3, 0.4) is 0 Å². The Labute approximate surface area is 165 Å². The largest absolute Gasteiger partial charge is 0.373 e. The number of hydrogen-bond acceptors (Lipinski definition) is 4. The Kier molecular flexibility index (Phi) is 6.19. The van der Waals surface area contributed by atoms with Crippen molar-refractivity contribution >= 4 is 17.5 Å². The first-order chi connectivity index (χ1) is 12.8. The van der Waals surface area contributed by atoms with Crippen molar-refractivity contribution in [1.82, 2.24) is 19.6 Å². The molecule has 7 heteroatoms. The molecule has 146 valence electrons. The first kappa shape index (κ1) is 19.9. The molecule has 1 aromatic heterocycles. The average molecular weight is 391 g/mol. The molecule has 1 aromatic carbocycles. The summed E-state index contributed by atoms with van der Waals surface area (Å²) in [5.41, 5.74) is 2.76. The molecule has 2 heterocycles. The molecule has 0 bridgehead atoms. The van der Waals surface area contributed by atoms with Gasteiger partial charge in [-0.1, -0.05) is 35.9 Å². The molecule has 0 saturated carbocycles. The van der Waals surface area contributed by atoms with Crippen LogP contribution < -0.4 is 0 Å². The van der Waals surface area contributed by atoms with Crippen LogP contribution in [0.25, 0.3) is 0 Å². The lowest BCUT2D eigenvalue weighted by Crippen LogP contribution is -2.44. The van der Waals surface area contributed by atoms with Gasteiger partial charge in [0.1, 0.15) is 5.69 Å². The molecule has 1 fully saturated rings. The van der Waals surface area contributed by atoms with E-state index in [0.717, 1.165) is 25.2 Å². The molecule has 1 amide bonds. The number of amides is 1. The van der Waals surface area contributed by atoms with E-state index in [1.807, 2.05) is 0 Å². The molecule has 2 aromatic rings. The number of ether oxygens (including phenoxy) is 1. The molecule has 0 spiro atoms. The van der Waals surface area contributed by atoms with Crippen molar-refractivity contribution < 1.29 is 9.53 Å². The van der Waals surface area contributed by atoms with Crippen LogP contribution in [-0.2, 0) is 24.9 Å². The van der Waals surface area contributed by atoms with E-state index >= 15 is 0 Å². The highest BCUT2D eigenvalue weighted by atomic mass is 35.5. The fourth-order valence-corrected chi connectivity index (χ4v) is 3.85. The zero-order chi connectivity index (χ0) is 19.6. The first-order valence-corrected chi connectivity index (χ1v) is 9.60. The highest BCUT2D eigenvalue weighted by Crippen LogP contribution is 2.18. The first-order valence-electron chi connectivity index (χ1n) is 9.22. The molecule has 27 heavy (non-hydrogen) atoms. The maximum absolute atomic E-state index is 12.6. The zero-order valence-corrected chi connectivity index (χ0v) is 17.1. The Morgan fingerprint density at radius 3 is 2.37 bits per heavy atom. The second-order valence-corrected chi connectivity index (χ2v) is 7.80. The van der Waals surface area contributed by atoms with Gasteiger partial charge in [-0.15, -0.1) is 0 Å². The molecule has 3 rings (SSSR count). The van der Waals surface area contributed by atoms with E-state index in [2.05, 4.69) is 48.1 Å². The number of hydrogen-bond donors (Lipinski definition) is 0. The fourth-order valence-electron chi connectivity index (χ4n) is 3.60. The summed E-state index contributed by atoms with van der Waals surface area (Å²) in [5, 5.41) is 4.40. The summed E-state index contributed by atoms with van der Waals surface area (Å²) in [7, 11) is 3.49. The third-order valence-electron chi connectivity index (χ3n) is 4.79. The number of rotatable bonds is 5. The van der Waals surface area contributed by atoms with E-state index in [0.29, 0.717) is 17.3 Å². The number of carbonyl (C=O) groups is 1. The van der Waals surface area contributed by atoms with Gasteiger partial charge < -0.3 is 9.64 Å². The van der Waals surface area contributed by atoms with Gasteiger partial charge in [-0.25, -0.2) is 0 Å². The Morgan fingerprint density at radius 1 is 1.22 bits per heavy atom. The third kappa shape index (κ3) is 4.89. The number of carbonyl (C=O) groups excluding carboxylic acids is 1. The van der Waals surface area contributed by atoms with Gasteiger partial charge in [0, 0.05) is 40.3 Å². The number of morpholine rings is 1. The van der Waals surface area contributed by atoms with E-state index in [4.69, 9.17) is 16.3 Å². The van der Waals surface area contributed by atoms with Crippen LogP contribution >= 0.6 is 11.6 Å². The van der Waals surface area contributed by atoms with E-state index in [-0.39, 0.29) is 18.1 Å². The molecule has 2 atom stereocenters. The van der Waals surface area contributed by atoms with Gasteiger partial charge >= 0.3 is 0 Å². The van der Waals surface area contributed by atoms with Crippen molar-refractivity contribution in [2.75, 3.05) is 20.1 Å². The minimum Gasteiger partial charge on any atom is -0.373 e. The molecule has 1 aliphatic heterocycles. The minimum atomic E-state index is -0.139. The minimum absolute atomic E-state index is 0.139. The summed E-state index contributed by atoms with van der Waals surface area (Å²) in [4.78, 5) is 16.7. The van der Waals surface area contributed by atoms with Gasteiger partial charge in [0.05, 0.1) is 23.4 Å². The van der Waals surface area contributed by atoms with Gasteiger partial charge in [0.15, 0.2) is 0 Å². The van der Waals surface area contributed by atoms with Gasteiger partial charge in [0.2, 0.25) is 0 Å². The summed E-state index contributed by atoms with van der Waals surface area (Å²) < 4.78 is 7.30. The lowest BCUT2D eigenvalue weighted by molar-refractivity contribution is -0.0704.